The van der Waals surface area contributed by atoms with Gasteiger partial charge in [-0.25, -0.2) is 4.39 Å². The van der Waals surface area contributed by atoms with Crippen LogP contribution in [0, 0.1) is 5.82 Å². The molecule has 0 heterocycles. The first kappa shape index (κ1) is 14.8. The van der Waals surface area contributed by atoms with E-state index < -0.39 is 5.38 Å². The lowest BCUT2D eigenvalue weighted by molar-refractivity contribution is 0.639. The van der Waals surface area contributed by atoms with Gasteiger partial charge in [-0.2, -0.15) is 0 Å². The largest absolute Gasteiger partial charge is 0.206 e. The maximum Gasteiger partial charge on any atom is 0.131 e. The minimum atomic E-state index is -0.413. The summed E-state index contributed by atoms with van der Waals surface area (Å²) < 4.78 is 14.8. The fraction of sp³-hybridized carbons (Fsp3) is 0.0588. The van der Waals surface area contributed by atoms with Gasteiger partial charge in [-0.3, -0.25) is 0 Å². The Labute approximate surface area is 140 Å². The normalized spacial score (nSPS) is 12.6. The molecule has 0 spiro atoms. The van der Waals surface area contributed by atoms with Gasteiger partial charge in [0, 0.05) is 14.9 Å². The lowest BCUT2D eigenvalue weighted by Gasteiger charge is -2.15. The number of rotatable bonds is 2. The molecule has 0 aromatic heterocycles. The molecular formula is C17H10BrCl2F. The zero-order valence-corrected chi connectivity index (χ0v) is 13.9. The predicted octanol–water partition coefficient (Wildman–Crippen LogP) is 6.72. The summed E-state index contributed by atoms with van der Waals surface area (Å²) in [7, 11) is 0. The molecule has 0 radical (unpaired) electrons. The Kier molecular flexibility index (Phi) is 4.21. The highest BCUT2D eigenvalue weighted by atomic mass is 79.9. The van der Waals surface area contributed by atoms with E-state index in [9.17, 15) is 4.39 Å². The van der Waals surface area contributed by atoms with Crippen molar-refractivity contribution in [3.05, 3.63) is 81.0 Å². The smallest absolute Gasteiger partial charge is 0.131 e. The first-order valence-electron chi connectivity index (χ1n) is 6.34. The van der Waals surface area contributed by atoms with E-state index >= 15 is 0 Å². The van der Waals surface area contributed by atoms with Gasteiger partial charge in [-0.15, -0.1) is 11.6 Å². The molecule has 0 aliphatic carbocycles. The first-order chi connectivity index (χ1) is 10.1. The van der Waals surface area contributed by atoms with Crippen LogP contribution in [0.25, 0.3) is 10.8 Å². The zero-order chi connectivity index (χ0) is 15.0. The summed E-state index contributed by atoms with van der Waals surface area (Å²) in [6.45, 7) is 0. The van der Waals surface area contributed by atoms with Crippen LogP contribution in [0.2, 0.25) is 5.02 Å². The van der Waals surface area contributed by atoms with Crippen LogP contribution in [0.4, 0.5) is 4.39 Å². The second-order valence-electron chi connectivity index (χ2n) is 4.71. The lowest BCUT2D eigenvalue weighted by atomic mass is 9.97. The van der Waals surface area contributed by atoms with Gasteiger partial charge in [0.2, 0.25) is 0 Å². The van der Waals surface area contributed by atoms with Crippen molar-refractivity contribution in [2.75, 3.05) is 0 Å². The van der Waals surface area contributed by atoms with Gasteiger partial charge in [-0.05, 0) is 40.8 Å². The van der Waals surface area contributed by atoms with Crippen LogP contribution in [0.5, 0.6) is 0 Å². The summed E-state index contributed by atoms with van der Waals surface area (Å²) in [5.41, 5.74) is 1.72. The third kappa shape index (κ3) is 2.80. The topological polar surface area (TPSA) is 0 Å². The first-order valence-corrected chi connectivity index (χ1v) is 7.95. The Balaban J connectivity index is 2.20. The minimum absolute atomic E-state index is 0.247. The van der Waals surface area contributed by atoms with Crippen LogP contribution in [-0.4, -0.2) is 0 Å². The fourth-order valence-corrected chi connectivity index (χ4v) is 3.54. The maximum absolute atomic E-state index is 13.9. The number of hydrogen-bond acceptors (Lipinski definition) is 0. The molecule has 0 bridgehead atoms. The van der Waals surface area contributed by atoms with Crippen LogP contribution in [0.15, 0.2) is 59.1 Å². The van der Waals surface area contributed by atoms with Crippen molar-refractivity contribution in [1.29, 1.82) is 0 Å². The third-order valence-electron chi connectivity index (χ3n) is 3.41. The molecule has 0 saturated carbocycles. The van der Waals surface area contributed by atoms with E-state index in [2.05, 4.69) is 15.9 Å². The van der Waals surface area contributed by atoms with Gasteiger partial charge in [0.15, 0.2) is 0 Å². The van der Waals surface area contributed by atoms with E-state index in [4.69, 9.17) is 23.2 Å². The summed E-state index contributed by atoms with van der Waals surface area (Å²) in [6.07, 6.45) is 0. The summed E-state index contributed by atoms with van der Waals surface area (Å²) >= 11 is 16.2. The molecular weight excluding hydrogens is 374 g/mol. The molecule has 0 saturated heterocycles. The molecule has 0 aliphatic rings. The monoisotopic (exact) mass is 382 g/mol. The molecule has 106 valence electrons. The molecule has 21 heavy (non-hydrogen) atoms. The maximum atomic E-state index is 13.9. The number of alkyl halides is 1. The number of benzene rings is 3. The quantitative estimate of drug-likeness (QED) is 0.430. The van der Waals surface area contributed by atoms with Crippen molar-refractivity contribution in [3.63, 3.8) is 0 Å². The Morgan fingerprint density at radius 1 is 0.905 bits per heavy atom. The molecule has 0 N–H and O–H groups in total. The van der Waals surface area contributed by atoms with Crippen molar-refractivity contribution in [1.82, 2.24) is 0 Å². The second kappa shape index (κ2) is 5.96. The zero-order valence-electron chi connectivity index (χ0n) is 10.8. The fourth-order valence-electron chi connectivity index (χ4n) is 2.38. The van der Waals surface area contributed by atoms with E-state index in [1.54, 1.807) is 18.2 Å². The average molecular weight is 384 g/mol. The molecule has 3 rings (SSSR count). The van der Waals surface area contributed by atoms with Gasteiger partial charge in [0.05, 0.1) is 5.38 Å². The number of halogens is 4. The minimum Gasteiger partial charge on any atom is -0.206 e. The molecule has 0 amide bonds. The molecule has 0 aliphatic heterocycles. The standard InChI is InChI=1S/C17H10BrCl2F/c18-15-7-5-10(19)9-14(15)17(20)13-6-8-16(21)12-4-2-1-3-11(12)13/h1-9,17H. The molecule has 1 unspecified atom stereocenters. The van der Waals surface area contributed by atoms with E-state index in [1.165, 1.54) is 6.07 Å². The van der Waals surface area contributed by atoms with E-state index in [0.717, 1.165) is 21.0 Å². The molecule has 4 heteroatoms. The lowest BCUT2D eigenvalue weighted by Crippen LogP contribution is -1.97. The van der Waals surface area contributed by atoms with Gasteiger partial charge < -0.3 is 0 Å². The number of fused-ring (bicyclic) bond motifs is 1. The van der Waals surface area contributed by atoms with Gasteiger partial charge in [0.1, 0.15) is 5.82 Å². The van der Waals surface area contributed by atoms with Gasteiger partial charge in [0.25, 0.3) is 0 Å². The Morgan fingerprint density at radius 3 is 2.38 bits per heavy atom. The van der Waals surface area contributed by atoms with Crippen LogP contribution in [0.3, 0.4) is 0 Å². The van der Waals surface area contributed by atoms with Crippen molar-refractivity contribution in [3.8, 4) is 0 Å². The van der Waals surface area contributed by atoms with E-state index in [-0.39, 0.29) is 5.82 Å². The highest BCUT2D eigenvalue weighted by molar-refractivity contribution is 9.10. The Morgan fingerprint density at radius 2 is 1.62 bits per heavy atom. The molecule has 0 nitrogen and oxygen atoms in total. The van der Waals surface area contributed by atoms with Gasteiger partial charge in [-0.1, -0.05) is 57.9 Å². The molecule has 3 aromatic rings. The van der Waals surface area contributed by atoms with Crippen LogP contribution in [-0.2, 0) is 0 Å². The van der Waals surface area contributed by atoms with Gasteiger partial charge >= 0.3 is 0 Å². The van der Waals surface area contributed by atoms with Crippen molar-refractivity contribution >= 4 is 49.9 Å². The molecule has 3 aromatic carbocycles. The Hall–Kier alpha value is -1.09. The average Bonchev–Trinajstić information content (AvgIpc) is 2.50. The predicted molar refractivity (Wildman–Crippen MR) is 90.8 cm³/mol. The molecule has 1 atom stereocenters. The summed E-state index contributed by atoms with van der Waals surface area (Å²) in [6, 6.07) is 16.0. The van der Waals surface area contributed by atoms with Crippen molar-refractivity contribution in [2.24, 2.45) is 0 Å². The highest BCUT2D eigenvalue weighted by Gasteiger charge is 2.18. The van der Waals surface area contributed by atoms with Crippen LogP contribution >= 0.6 is 39.1 Å². The number of hydrogen-bond donors (Lipinski definition) is 0. The highest BCUT2D eigenvalue weighted by Crippen LogP contribution is 2.38. The third-order valence-corrected chi connectivity index (χ3v) is 4.84. The SMILES string of the molecule is Fc1ccc(C(Cl)c2cc(Cl)ccc2Br)c2ccccc12. The van der Waals surface area contributed by atoms with Crippen LogP contribution in [0.1, 0.15) is 16.5 Å². The van der Waals surface area contributed by atoms with Crippen molar-refractivity contribution < 1.29 is 4.39 Å². The second-order valence-corrected chi connectivity index (χ2v) is 6.44. The summed E-state index contributed by atoms with van der Waals surface area (Å²) in [5, 5.41) is 1.58. The van der Waals surface area contributed by atoms with E-state index in [0.29, 0.717) is 10.4 Å². The van der Waals surface area contributed by atoms with Crippen molar-refractivity contribution in [2.45, 2.75) is 5.38 Å². The Bertz CT molecular complexity index is 817. The summed E-state index contributed by atoms with van der Waals surface area (Å²) in [5.74, 6) is -0.247. The van der Waals surface area contributed by atoms with E-state index in [1.807, 2.05) is 30.3 Å². The summed E-state index contributed by atoms with van der Waals surface area (Å²) in [4.78, 5) is 0. The van der Waals surface area contributed by atoms with Crippen LogP contribution < -0.4 is 0 Å². The molecule has 0 fully saturated rings.